The van der Waals surface area contributed by atoms with Gasteiger partial charge in [0.15, 0.2) is 0 Å². The molecule has 30 heavy (non-hydrogen) atoms. The summed E-state index contributed by atoms with van der Waals surface area (Å²) in [7, 11) is -3.87. The first kappa shape index (κ1) is 21.8. The van der Waals surface area contributed by atoms with E-state index in [0.29, 0.717) is 41.2 Å². The number of anilines is 2. The van der Waals surface area contributed by atoms with Gasteiger partial charge >= 0.3 is 0 Å². The van der Waals surface area contributed by atoms with Crippen LogP contribution in [-0.2, 0) is 21.2 Å². The number of pyridine rings is 1. The number of aromatic nitrogens is 1. The number of hydrogen-bond acceptors (Lipinski definition) is 4. The molecule has 0 aliphatic carbocycles. The minimum absolute atomic E-state index is 0.0775. The molecule has 0 atom stereocenters. The number of rotatable bonds is 8. The monoisotopic (exact) mass is 443 g/mol. The molecular weight excluding hydrogens is 422 g/mol. The largest absolute Gasteiger partial charge is 0.326 e. The Morgan fingerprint density at radius 1 is 1.07 bits per heavy atom. The number of hydrogen-bond donors (Lipinski definition) is 2. The van der Waals surface area contributed by atoms with Crippen LogP contribution in [0, 0.1) is 6.92 Å². The fourth-order valence-corrected chi connectivity index (χ4v) is 4.50. The molecule has 2 N–H and O–H groups in total. The maximum absolute atomic E-state index is 12.9. The number of nitrogens with one attached hydrogen (secondary N) is 2. The first-order valence-corrected chi connectivity index (χ1v) is 11.3. The average Bonchev–Trinajstić information content (AvgIpc) is 2.72. The van der Waals surface area contributed by atoms with Crippen LogP contribution in [-0.4, -0.2) is 19.3 Å². The van der Waals surface area contributed by atoms with Gasteiger partial charge in [-0.15, -0.1) is 0 Å². The smallest absolute Gasteiger partial charge is 0.262 e. The van der Waals surface area contributed by atoms with Crippen molar-refractivity contribution in [1.82, 2.24) is 4.98 Å². The van der Waals surface area contributed by atoms with Crippen molar-refractivity contribution in [1.29, 1.82) is 0 Å². The van der Waals surface area contributed by atoms with E-state index in [9.17, 15) is 13.2 Å². The molecule has 6 nitrogen and oxygen atoms in total. The molecule has 8 heteroatoms. The molecule has 0 unspecified atom stereocenters. The number of amides is 1. The number of benzene rings is 2. The lowest BCUT2D eigenvalue weighted by Gasteiger charge is -2.13. The van der Waals surface area contributed by atoms with E-state index in [0.717, 1.165) is 5.69 Å². The molecule has 0 saturated heterocycles. The molecule has 1 amide bonds. The number of halogens is 1. The van der Waals surface area contributed by atoms with E-state index in [1.54, 1.807) is 49.5 Å². The summed E-state index contributed by atoms with van der Waals surface area (Å²) in [6.45, 7) is 1.69. The molecule has 0 spiro atoms. The Bertz CT molecular complexity index is 1140. The predicted octanol–water partition coefficient (Wildman–Crippen LogP) is 4.81. The second-order valence-corrected chi connectivity index (χ2v) is 8.85. The third kappa shape index (κ3) is 5.81. The number of carbonyl (C=O) groups is 1. The zero-order valence-corrected chi connectivity index (χ0v) is 18.0. The first-order chi connectivity index (χ1) is 14.3. The van der Waals surface area contributed by atoms with Crippen LogP contribution in [0.5, 0.6) is 0 Å². The number of carbonyl (C=O) groups excluding carboxylic acids is 1. The molecule has 0 aliphatic heterocycles. The van der Waals surface area contributed by atoms with Crippen molar-refractivity contribution in [2.75, 3.05) is 10.0 Å². The summed E-state index contributed by atoms with van der Waals surface area (Å²) < 4.78 is 28.2. The van der Waals surface area contributed by atoms with Gasteiger partial charge in [0.05, 0.1) is 15.6 Å². The summed E-state index contributed by atoms with van der Waals surface area (Å²) in [4.78, 5) is 16.6. The van der Waals surface area contributed by atoms with Gasteiger partial charge in [-0.25, -0.2) is 8.42 Å². The number of nitrogens with zero attached hydrogens (tertiary/aromatic N) is 1. The highest BCUT2D eigenvalue weighted by Crippen LogP contribution is 2.27. The minimum atomic E-state index is -3.87. The molecule has 3 aromatic rings. The highest BCUT2D eigenvalue weighted by atomic mass is 35.5. The lowest BCUT2D eigenvalue weighted by atomic mass is 10.1. The summed E-state index contributed by atoms with van der Waals surface area (Å²) in [5.74, 6) is -0.183. The van der Waals surface area contributed by atoms with Crippen LogP contribution in [0.1, 0.15) is 24.1 Å². The number of aryl methyl sites for hydroxylation is 2. The van der Waals surface area contributed by atoms with Gasteiger partial charge in [-0.1, -0.05) is 35.9 Å². The third-order valence-corrected chi connectivity index (χ3v) is 6.28. The number of para-hydroxylation sites is 1. The van der Waals surface area contributed by atoms with Crippen LogP contribution < -0.4 is 10.0 Å². The number of sulfonamides is 1. The van der Waals surface area contributed by atoms with E-state index in [1.165, 1.54) is 6.07 Å². The SMILES string of the molecule is Cc1ccc(NC(=O)CCCc2ccccn2)cc1S(=O)(=O)Nc1ccccc1Cl. The molecule has 3 rings (SSSR count). The van der Waals surface area contributed by atoms with E-state index >= 15 is 0 Å². The fraction of sp³-hybridized carbons (Fsp3) is 0.182. The van der Waals surface area contributed by atoms with Crippen molar-refractivity contribution in [3.05, 3.63) is 83.1 Å². The summed E-state index contributed by atoms with van der Waals surface area (Å²) in [6.07, 6.45) is 3.38. The lowest BCUT2D eigenvalue weighted by Crippen LogP contribution is -2.16. The second-order valence-electron chi connectivity index (χ2n) is 6.79. The Morgan fingerprint density at radius 3 is 2.57 bits per heavy atom. The van der Waals surface area contributed by atoms with Crippen LogP contribution in [0.25, 0.3) is 0 Å². The summed E-state index contributed by atoms with van der Waals surface area (Å²) >= 11 is 6.06. The van der Waals surface area contributed by atoms with Crippen molar-refractivity contribution in [3.63, 3.8) is 0 Å². The molecule has 0 aliphatic rings. The van der Waals surface area contributed by atoms with Gasteiger partial charge in [-0.2, -0.15) is 0 Å². The van der Waals surface area contributed by atoms with E-state index in [1.807, 2.05) is 18.2 Å². The zero-order chi connectivity index (χ0) is 21.6. The van der Waals surface area contributed by atoms with Gasteiger partial charge in [0.25, 0.3) is 10.0 Å². The molecule has 1 heterocycles. The molecular formula is C22H22ClN3O3S. The maximum atomic E-state index is 12.9. The van der Waals surface area contributed by atoms with Crippen molar-refractivity contribution in [2.45, 2.75) is 31.1 Å². The summed E-state index contributed by atoms with van der Waals surface area (Å²) in [5.41, 5.74) is 2.20. The fourth-order valence-electron chi connectivity index (χ4n) is 2.91. The maximum Gasteiger partial charge on any atom is 0.262 e. The van der Waals surface area contributed by atoms with Gasteiger partial charge < -0.3 is 5.32 Å². The van der Waals surface area contributed by atoms with Crippen molar-refractivity contribution < 1.29 is 13.2 Å². The first-order valence-electron chi connectivity index (χ1n) is 9.43. The highest BCUT2D eigenvalue weighted by Gasteiger charge is 2.19. The zero-order valence-electron chi connectivity index (χ0n) is 16.4. The normalized spacial score (nSPS) is 11.1. The van der Waals surface area contributed by atoms with E-state index in [4.69, 9.17) is 11.6 Å². The molecule has 0 saturated carbocycles. The van der Waals surface area contributed by atoms with Crippen LogP contribution >= 0.6 is 11.6 Å². The van der Waals surface area contributed by atoms with Crippen LogP contribution in [0.15, 0.2) is 71.8 Å². The Balaban J connectivity index is 1.67. The second kappa shape index (κ2) is 9.73. The van der Waals surface area contributed by atoms with Gasteiger partial charge in [0.2, 0.25) is 5.91 Å². The van der Waals surface area contributed by atoms with E-state index in [-0.39, 0.29) is 10.8 Å². The summed E-state index contributed by atoms with van der Waals surface area (Å²) in [5, 5.41) is 3.07. The predicted molar refractivity (Wildman–Crippen MR) is 119 cm³/mol. The Hall–Kier alpha value is -2.90. The quantitative estimate of drug-likeness (QED) is 0.523. The standard InChI is InChI=1S/C22H22ClN3O3S/c1-16-12-13-18(25-22(27)11-6-8-17-7-4-5-14-24-17)15-21(16)30(28,29)26-20-10-3-2-9-19(20)23/h2-5,7,9-10,12-15,26H,6,8,11H2,1H3,(H,25,27). The Labute approximate surface area is 181 Å². The third-order valence-electron chi connectivity index (χ3n) is 4.44. The van der Waals surface area contributed by atoms with Crippen LogP contribution in [0.4, 0.5) is 11.4 Å². The van der Waals surface area contributed by atoms with Crippen LogP contribution in [0.2, 0.25) is 5.02 Å². The lowest BCUT2D eigenvalue weighted by molar-refractivity contribution is -0.116. The topological polar surface area (TPSA) is 88.2 Å². The molecule has 2 aromatic carbocycles. The average molecular weight is 444 g/mol. The van der Waals surface area contributed by atoms with Gasteiger partial charge in [0, 0.05) is 24.0 Å². The van der Waals surface area contributed by atoms with E-state index in [2.05, 4.69) is 15.0 Å². The molecule has 0 fully saturated rings. The summed E-state index contributed by atoms with van der Waals surface area (Å²) in [6, 6.07) is 17.1. The van der Waals surface area contributed by atoms with Gasteiger partial charge in [-0.05, 0) is 61.7 Å². The van der Waals surface area contributed by atoms with Crippen LogP contribution in [0.3, 0.4) is 0 Å². The van der Waals surface area contributed by atoms with Gasteiger partial charge in [0.1, 0.15) is 0 Å². The highest BCUT2D eigenvalue weighted by molar-refractivity contribution is 7.92. The Kier molecular flexibility index (Phi) is 7.07. The molecule has 1 aromatic heterocycles. The van der Waals surface area contributed by atoms with Gasteiger partial charge in [-0.3, -0.25) is 14.5 Å². The van der Waals surface area contributed by atoms with Crippen molar-refractivity contribution in [3.8, 4) is 0 Å². The molecule has 0 bridgehead atoms. The molecule has 0 radical (unpaired) electrons. The minimum Gasteiger partial charge on any atom is -0.326 e. The Morgan fingerprint density at radius 2 is 1.83 bits per heavy atom. The van der Waals surface area contributed by atoms with E-state index < -0.39 is 10.0 Å². The molecule has 156 valence electrons. The van der Waals surface area contributed by atoms with Crippen molar-refractivity contribution in [2.24, 2.45) is 0 Å². The van der Waals surface area contributed by atoms with Crippen molar-refractivity contribution >= 4 is 38.9 Å².